The lowest BCUT2D eigenvalue weighted by molar-refractivity contribution is 0.669. The second-order valence-electron chi connectivity index (χ2n) is 12.8. The SMILES string of the molecule is c1ccc(-c2c(-c3ccc4c(c3)oc3ccc(-c5c6ccccc6c(-c6ccccc6)c6ccccc56)cc34)ccc3ccccc23)cc1. The molecule has 10 rings (SSSR count). The van der Waals surface area contributed by atoms with Crippen LogP contribution >= 0.6 is 0 Å². The van der Waals surface area contributed by atoms with Crippen molar-refractivity contribution < 1.29 is 4.42 Å². The molecule has 0 unspecified atom stereocenters. The molecule has 49 heavy (non-hydrogen) atoms. The van der Waals surface area contributed by atoms with Crippen molar-refractivity contribution in [2.75, 3.05) is 0 Å². The third-order valence-electron chi connectivity index (χ3n) is 10.1. The largest absolute Gasteiger partial charge is 0.456 e. The maximum atomic E-state index is 6.59. The first-order chi connectivity index (χ1) is 24.3. The van der Waals surface area contributed by atoms with Gasteiger partial charge in [0.25, 0.3) is 0 Å². The molecule has 0 spiro atoms. The van der Waals surface area contributed by atoms with Crippen molar-refractivity contribution in [2.24, 2.45) is 0 Å². The Balaban J connectivity index is 1.18. The van der Waals surface area contributed by atoms with Crippen LogP contribution in [0.25, 0.3) is 98.8 Å². The number of rotatable bonds is 4. The van der Waals surface area contributed by atoms with Gasteiger partial charge in [-0.3, -0.25) is 0 Å². The number of furan rings is 1. The molecule has 0 amide bonds. The molecule has 9 aromatic carbocycles. The lowest BCUT2D eigenvalue weighted by atomic mass is 9.86. The summed E-state index contributed by atoms with van der Waals surface area (Å²) in [4.78, 5) is 0. The summed E-state index contributed by atoms with van der Waals surface area (Å²) >= 11 is 0. The number of hydrogen-bond donors (Lipinski definition) is 0. The fourth-order valence-electron chi connectivity index (χ4n) is 7.88. The van der Waals surface area contributed by atoms with Gasteiger partial charge in [-0.15, -0.1) is 0 Å². The average molecular weight is 623 g/mol. The molecule has 1 heterocycles. The van der Waals surface area contributed by atoms with Crippen LogP contribution in [-0.4, -0.2) is 0 Å². The fraction of sp³-hybridized carbons (Fsp3) is 0. The number of benzene rings is 9. The predicted molar refractivity (Wildman–Crippen MR) is 208 cm³/mol. The standard InChI is InChI=1S/C48H30O/c1-3-14-32(15-4-1)46-36-18-8-7-13-31(36)23-26-37(46)34-24-27-38-43-29-35(25-28-44(43)49-45(38)30-34)48-41-21-11-9-19-39(41)47(33-16-5-2-6-17-33)40-20-10-12-22-42(40)48/h1-30H. The van der Waals surface area contributed by atoms with E-state index in [0.717, 1.165) is 27.5 Å². The molecule has 0 aliphatic rings. The quantitative estimate of drug-likeness (QED) is 0.178. The van der Waals surface area contributed by atoms with Gasteiger partial charge >= 0.3 is 0 Å². The van der Waals surface area contributed by atoms with Crippen molar-refractivity contribution in [3.63, 3.8) is 0 Å². The van der Waals surface area contributed by atoms with E-state index in [1.54, 1.807) is 0 Å². The topological polar surface area (TPSA) is 13.1 Å². The Bertz CT molecular complexity index is 2800. The van der Waals surface area contributed by atoms with Crippen molar-refractivity contribution in [3.05, 3.63) is 182 Å². The number of fused-ring (bicyclic) bond motifs is 6. The molecule has 0 bridgehead atoms. The molecule has 1 aromatic heterocycles. The maximum Gasteiger partial charge on any atom is 0.136 e. The second-order valence-corrected chi connectivity index (χ2v) is 12.8. The monoisotopic (exact) mass is 622 g/mol. The van der Waals surface area contributed by atoms with E-state index in [1.165, 1.54) is 71.3 Å². The van der Waals surface area contributed by atoms with E-state index in [0.29, 0.717) is 0 Å². The van der Waals surface area contributed by atoms with Gasteiger partial charge in [-0.05, 0) is 101 Å². The van der Waals surface area contributed by atoms with Crippen LogP contribution < -0.4 is 0 Å². The molecule has 228 valence electrons. The third-order valence-corrected chi connectivity index (χ3v) is 10.1. The molecule has 0 saturated heterocycles. The Kier molecular flexibility index (Phi) is 6.25. The highest BCUT2D eigenvalue weighted by Gasteiger charge is 2.19. The van der Waals surface area contributed by atoms with Crippen LogP contribution in [0.1, 0.15) is 0 Å². The van der Waals surface area contributed by atoms with Crippen LogP contribution in [0.4, 0.5) is 0 Å². The summed E-state index contributed by atoms with van der Waals surface area (Å²) in [6.07, 6.45) is 0. The molecule has 0 N–H and O–H groups in total. The van der Waals surface area contributed by atoms with Crippen LogP contribution in [0.2, 0.25) is 0 Å². The van der Waals surface area contributed by atoms with Gasteiger partial charge in [-0.2, -0.15) is 0 Å². The van der Waals surface area contributed by atoms with Gasteiger partial charge in [-0.25, -0.2) is 0 Å². The Labute approximate surface area is 284 Å². The predicted octanol–water partition coefficient (Wildman–Crippen LogP) is 13.7. The van der Waals surface area contributed by atoms with Gasteiger partial charge < -0.3 is 4.42 Å². The zero-order chi connectivity index (χ0) is 32.3. The molecule has 0 fully saturated rings. The zero-order valence-corrected chi connectivity index (χ0v) is 26.7. The summed E-state index contributed by atoms with van der Waals surface area (Å²) < 4.78 is 6.59. The van der Waals surface area contributed by atoms with Gasteiger partial charge in [0.15, 0.2) is 0 Å². The van der Waals surface area contributed by atoms with E-state index in [4.69, 9.17) is 4.42 Å². The molecule has 0 saturated carbocycles. The van der Waals surface area contributed by atoms with E-state index in [1.807, 2.05) is 0 Å². The summed E-state index contributed by atoms with van der Waals surface area (Å²) in [5.74, 6) is 0. The van der Waals surface area contributed by atoms with Gasteiger partial charge in [-0.1, -0.05) is 158 Å². The first kappa shape index (κ1) is 27.7. The van der Waals surface area contributed by atoms with Crippen molar-refractivity contribution >= 4 is 54.3 Å². The minimum Gasteiger partial charge on any atom is -0.456 e. The second kappa shape index (κ2) is 11.1. The lowest BCUT2D eigenvalue weighted by Gasteiger charge is -2.17. The zero-order valence-electron chi connectivity index (χ0n) is 26.7. The maximum absolute atomic E-state index is 6.59. The number of hydrogen-bond acceptors (Lipinski definition) is 1. The van der Waals surface area contributed by atoms with Crippen molar-refractivity contribution in [1.82, 2.24) is 0 Å². The van der Waals surface area contributed by atoms with E-state index in [-0.39, 0.29) is 0 Å². The molecule has 0 aliphatic heterocycles. The van der Waals surface area contributed by atoms with Crippen molar-refractivity contribution in [1.29, 1.82) is 0 Å². The van der Waals surface area contributed by atoms with Crippen molar-refractivity contribution in [2.45, 2.75) is 0 Å². The van der Waals surface area contributed by atoms with Crippen LogP contribution in [0.15, 0.2) is 186 Å². The van der Waals surface area contributed by atoms with Gasteiger partial charge in [0.1, 0.15) is 11.2 Å². The highest BCUT2D eigenvalue weighted by Crippen LogP contribution is 2.45. The highest BCUT2D eigenvalue weighted by atomic mass is 16.3. The Morgan fingerprint density at radius 3 is 1.45 bits per heavy atom. The Morgan fingerprint density at radius 2 is 0.796 bits per heavy atom. The molecule has 0 aliphatic carbocycles. The molecule has 10 aromatic rings. The van der Waals surface area contributed by atoms with Crippen LogP contribution in [0.3, 0.4) is 0 Å². The molecular weight excluding hydrogens is 593 g/mol. The normalized spacial score (nSPS) is 11.7. The van der Waals surface area contributed by atoms with Gasteiger partial charge in [0, 0.05) is 10.8 Å². The first-order valence-corrected chi connectivity index (χ1v) is 16.8. The van der Waals surface area contributed by atoms with E-state index >= 15 is 0 Å². The first-order valence-electron chi connectivity index (χ1n) is 16.8. The van der Waals surface area contributed by atoms with Crippen molar-refractivity contribution in [3.8, 4) is 44.5 Å². The molecule has 0 atom stereocenters. The van der Waals surface area contributed by atoms with Crippen LogP contribution in [0, 0.1) is 0 Å². The molecular formula is C48H30O. The highest BCUT2D eigenvalue weighted by molar-refractivity contribution is 6.22. The van der Waals surface area contributed by atoms with E-state index < -0.39 is 0 Å². The fourth-order valence-corrected chi connectivity index (χ4v) is 7.88. The molecule has 1 heteroatoms. The minimum atomic E-state index is 0.894. The molecule has 1 nitrogen and oxygen atoms in total. The van der Waals surface area contributed by atoms with Gasteiger partial charge in [0.2, 0.25) is 0 Å². The lowest BCUT2D eigenvalue weighted by Crippen LogP contribution is -1.90. The van der Waals surface area contributed by atoms with Gasteiger partial charge in [0.05, 0.1) is 0 Å². The summed E-state index contributed by atoms with van der Waals surface area (Å²) in [6, 6.07) is 65.6. The average Bonchev–Trinajstić information content (AvgIpc) is 3.54. The van der Waals surface area contributed by atoms with Crippen LogP contribution in [0.5, 0.6) is 0 Å². The van der Waals surface area contributed by atoms with E-state index in [9.17, 15) is 0 Å². The van der Waals surface area contributed by atoms with E-state index in [2.05, 4.69) is 182 Å². The summed E-state index contributed by atoms with van der Waals surface area (Å²) in [7, 11) is 0. The third kappa shape index (κ3) is 4.40. The summed E-state index contributed by atoms with van der Waals surface area (Å²) in [5, 5.41) is 9.75. The molecule has 0 radical (unpaired) electrons. The van der Waals surface area contributed by atoms with Crippen LogP contribution in [-0.2, 0) is 0 Å². The Morgan fingerprint density at radius 1 is 0.265 bits per heavy atom. The summed E-state index contributed by atoms with van der Waals surface area (Å²) in [5.41, 5.74) is 11.5. The summed E-state index contributed by atoms with van der Waals surface area (Å²) in [6.45, 7) is 0. The smallest absolute Gasteiger partial charge is 0.136 e. The Hall–Kier alpha value is -6.44. The minimum absolute atomic E-state index is 0.894.